The van der Waals surface area contributed by atoms with Crippen molar-refractivity contribution in [2.45, 2.75) is 27.2 Å². The highest BCUT2D eigenvalue weighted by Gasteiger charge is 2.23. The number of carbonyl (C=O) groups excluding carboxylic acids is 1. The number of rotatable bonds is 8. The number of hydrogen-bond donors (Lipinski definition) is 1. The van der Waals surface area contributed by atoms with Crippen molar-refractivity contribution in [2.75, 3.05) is 19.8 Å². The number of aryl methyl sites for hydroxylation is 2. The molecule has 2 heterocycles. The lowest BCUT2D eigenvalue weighted by atomic mass is 10.2. The Hall–Kier alpha value is -2.86. The van der Waals surface area contributed by atoms with Crippen molar-refractivity contribution < 1.29 is 9.53 Å². The van der Waals surface area contributed by atoms with E-state index < -0.39 is 0 Å². The number of nitrogens with zero attached hydrogens (tertiary/aromatic N) is 3. The molecule has 6 nitrogen and oxygen atoms in total. The minimum Gasteiger partial charge on any atom is -0.382 e. The zero-order chi connectivity index (χ0) is 19.2. The molecular formula is C21H26N4O2. The van der Waals surface area contributed by atoms with Crippen LogP contribution in [0.3, 0.4) is 0 Å². The first-order valence-electron chi connectivity index (χ1n) is 9.27. The first-order chi connectivity index (χ1) is 13.1. The molecule has 1 N–H and O–H groups in total. The fourth-order valence-corrected chi connectivity index (χ4v) is 3.04. The summed E-state index contributed by atoms with van der Waals surface area (Å²) in [6.45, 7) is 7.77. The van der Waals surface area contributed by atoms with Gasteiger partial charge in [0, 0.05) is 32.2 Å². The van der Waals surface area contributed by atoms with Crippen LogP contribution in [0.4, 0.5) is 0 Å². The number of carbonyl (C=O) groups is 1. The Balaban J connectivity index is 1.95. The highest BCUT2D eigenvalue weighted by molar-refractivity contribution is 5.98. The van der Waals surface area contributed by atoms with Gasteiger partial charge in [-0.3, -0.25) is 4.79 Å². The van der Waals surface area contributed by atoms with Gasteiger partial charge in [-0.2, -0.15) is 5.10 Å². The Morgan fingerprint density at radius 1 is 1.19 bits per heavy atom. The number of nitrogens with one attached hydrogen (secondary N) is 1. The van der Waals surface area contributed by atoms with Crippen LogP contribution in [-0.4, -0.2) is 40.0 Å². The molecule has 0 atom stereocenters. The third-order valence-electron chi connectivity index (χ3n) is 4.31. The molecule has 1 aromatic carbocycles. The van der Waals surface area contributed by atoms with E-state index in [2.05, 4.69) is 16.5 Å². The average molecular weight is 366 g/mol. The van der Waals surface area contributed by atoms with E-state index in [1.54, 1.807) is 0 Å². The van der Waals surface area contributed by atoms with Crippen molar-refractivity contribution in [1.29, 1.82) is 0 Å². The van der Waals surface area contributed by atoms with Crippen molar-refractivity contribution in [2.24, 2.45) is 0 Å². The van der Waals surface area contributed by atoms with Crippen LogP contribution < -0.4 is 5.32 Å². The van der Waals surface area contributed by atoms with Gasteiger partial charge in [0.25, 0.3) is 5.91 Å². The molecule has 3 rings (SSSR count). The van der Waals surface area contributed by atoms with Gasteiger partial charge in [-0.15, -0.1) is 0 Å². The molecule has 0 unspecified atom stereocenters. The van der Waals surface area contributed by atoms with Crippen LogP contribution in [0.5, 0.6) is 0 Å². The predicted molar refractivity (Wildman–Crippen MR) is 106 cm³/mol. The molecule has 142 valence electrons. The Labute approximate surface area is 159 Å². The minimum absolute atomic E-state index is 0.119. The average Bonchev–Trinajstić information content (AvgIpc) is 3.28. The van der Waals surface area contributed by atoms with Gasteiger partial charge in [-0.1, -0.05) is 12.1 Å². The van der Waals surface area contributed by atoms with Crippen molar-refractivity contribution in [3.05, 3.63) is 65.6 Å². The molecule has 0 saturated carbocycles. The first kappa shape index (κ1) is 18.9. The summed E-state index contributed by atoms with van der Waals surface area (Å²) >= 11 is 0. The quantitative estimate of drug-likeness (QED) is 0.621. The Morgan fingerprint density at radius 2 is 1.96 bits per heavy atom. The normalized spacial score (nSPS) is 10.9. The number of amides is 1. The molecule has 0 spiro atoms. The van der Waals surface area contributed by atoms with E-state index in [1.807, 2.05) is 72.7 Å². The molecule has 0 aliphatic carbocycles. The maximum atomic E-state index is 12.9. The smallest absolute Gasteiger partial charge is 0.256 e. The molecule has 3 aromatic rings. The number of benzene rings is 1. The standard InChI is InChI=1S/C21H26N4O2/c1-4-27-14-8-11-22-20(26)19-17(3)23-25(18-10-7-9-16(2)15-18)21(19)24-12-5-6-13-24/h5-7,9-10,12-13,15H,4,8,11,14H2,1-3H3,(H,22,26). The van der Waals surface area contributed by atoms with Gasteiger partial charge in [-0.25, -0.2) is 4.68 Å². The topological polar surface area (TPSA) is 61.1 Å². The monoisotopic (exact) mass is 366 g/mol. The summed E-state index contributed by atoms with van der Waals surface area (Å²) in [5, 5.41) is 7.66. The second-order valence-corrected chi connectivity index (χ2v) is 6.43. The van der Waals surface area contributed by atoms with Gasteiger partial charge in [-0.05, 0) is 57.0 Å². The summed E-state index contributed by atoms with van der Waals surface area (Å²) < 4.78 is 9.09. The number of aromatic nitrogens is 3. The zero-order valence-electron chi connectivity index (χ0n) is 16.1. The summed E-state index contributed by atoms with van der Waals surface area (Å²) in [5.74, 6) is 0.622. The molecule has 0 radical (unpaired) electrons. The molecule has 0 aliphatic heterocycles. The van der Waals surface area contributed by atoms with Crippen LogP contribution in [0.25, 0.3) is 11.5 Å². The lowest BCUT2D eigenvalue weighted by molar-refractivity contribution is 0.0943. The van der Waals surface area contributed by atoms with Crippen LogP contribution in [0, 0.1) is 13.8 Å². The maximum Gasteiger partial charge on any atom is 0.256 e. The molecule has 0 fully saturated rings. The van der Waals surface area contributed by atoms with Crippen molar-refractivity contribution in [3.8, 4) is 11.5 Å². The molecule has 6 heteroatoms. The predicted octanol–water partition coefficient (Wildman–Crippen LogP) is 3.44. The summed E-state index contributed by atoms with van der Waals surface area (Å²) in [4.78, 5) is 12.9. The third-order valence-corrected chi connectivity index (χ3v) is 4.31. The van der Waals surface area contributed by atoms with E-state index in [1.165, 1.54) is 0 Å². The molecule has 0 bridgehead atoms. The lowest BCUT2D eigenvalue weighted by Crippen LogP contribution is -2.27. The fourth-order valence-electron chi connectivity index (χ4n) is 3.04. The van der Waals surface area contributed by atoms with Gasteiger partial charge in [0.2, 0.25) is 0 Å². The summed E-state index contributed by atoms with van der Waals surface area (Å²) in [6, 6.07) is 12.0. The van der Waals surface area contributed by atoms with Crippen LogP contribution in [-0.2, 0) is 4.74 Å². The minimum atomic E-state index is -0.119. The molecule has 0 aliphatic rings. The van der Waals surface area contributed by atoms with E-state index in [0.29, 0.717) is 31.0 Å². The van der Waals surface area contributed by atoms with Crippen molar-refractivity contribution >= 4 is 5.91 Å². The summed E-state index contributed by atoms with van der Waals surface area (Å²) in [5.41, 5.74) is 3.35. The highest BCUT2D eigenvalue weighted by Crippen LogP contribution is 2.23. The first-order valence-corrected chi connectivity index (χ1v) is 9.27. The van der Waals surface area contributed by atoms with E-state index in [4.69, 9.17) is 4.74 Å². The van der Waals surface area contributed by atoms with Gasteiger partial charge in [0.15, 0.2) is 5.82 Å². The largest absolute Gasteiger partial charge is 0.382 e. The Kier molecular flexibility index (Phi) is 6.08. The lowest BCUT2D eigenvalue weighted by Gasteiger charge is -2.12. The molecule has 0 saturated heterocycles. The summed E-state index contributed by atoms with van der Waals surface area (Å²) in [6.07, 6.45) is 4.63. The van der Waals surface area contributed by atoms with Gasteiger partial charge < -0.3 is 14.6 Å². The molecule has 1 amide bonds. The van der Waals surface area contributed by atoms with E-state index in [-0.39, 0.29) is 5.91 Å². The van der Waals surface area contributed by atoms with Crippen LogP contribution in [0.2, 0.25) is 0 Å². The second-order valence-electron chi connectivity index (χ2n) is 6.43. The van der Waals surface area contributed by atoms with E-state index in [9.17, 15) is 4.79 Å². The Bertz CT molecular complexity index is 897. The second kappa shape index (κ2) is 8.68. The SMILES string of the molecule is CCOCCCNC(=O)c1c(C)nn(-c2cccc(C)c2)c1-n1cccc1. The highest BCUT2D eigenvalue weighted by atomic mass is 16.5. The zero-order valence-corrected chi connectivity index (χ0v) is 16.1. The fraction of sp³-hybridized carbons (Fsp3) is 0.333. The van der Waals surface area contributed by atoms with Crippen LogP contribution in [0.15, 0.2) is 48.8 Å². The van der Waals surface area contributed by atoms with E-state index in [0.717, 1.165) is 23.5 Å². The van der Waals surface area contributed by atoms with Crippen LogP contribution in [0.1, 0.15) is 35.0 Å². The molecular weight excluding hydrogens is 340 g/mol. The van der Waals surface area contributed by atoms with Gasteiger partial charge in [0.1, 0.15) is 5.56 Å². The third kappa shape index (κ3) is 4.28. The van der Waals surface area contributed by atoms with Crippen molar-refractivity contribution in [3.63, 3.8) is 0 Å². The maximum absolute atomic E-state index is 12.9. The van der Waals surface area contributed by atoms with Crippen LogP contribution >= 0.6 is 0 Å². The van der Waals surface area contributed by atoms with Gasteiger partial charge >= 0.3 is 0 Å². The number of ether oxygens (including phenoxy) is 1. The van der Waals surface area contributed by atoms with Gasteiger partial charge in [0.05, 0.1) is 11.4 Å². The molecule has 27 heavy (non-hydrogen) atoms. The summed E-state index contributed by atoms with van der Waals surface area (Å²) in [7, 11) is 0. The van der Waals surface area contributed by atoms with E-state index >= 15 is 0 Å². The Morgan fingerprint density at radius 3 is 2.67 bits per heavy atom. The molecule has 2 aromatic heterocycles. The number of hydrogen-bond acceptors (Lipinski definition) is 3. The van der Waals surface area contributed by atoms with Crippen molar-refractivity contribution in [1.82, 2.24) is 19.7 Å².